The smallest absolute Gasteiger partial charge is 0.157 e. The lowest BCUT2D eigenvalue weighted by molar-refractivity contribution is -0.0451. The Morgan fingerprint density at radius 2 is 2.29 bits per heavy atom. The first kappa shape index (κ1) is 15.6. The number of nitrogens with one attached hydrogen (secondary N) is 1. The van der Waals surface area contributed by atoms with E-state index in [-0.39, 0.29) is 0 Å². The van der Waals surface area contributed by atoms with Gasteiger partial charge in [0, 0.05) is 24.4 Å². The maximum Gasteiger partial charge on any atom is 0.157 e. The molecular formula is C16H29N3OS. The van der Waals surface area contributed by atoms with E-state index >= 15 is 0 Å². The first-order valence-corrected chi connectivity index (χ1v) is 9.18. The van der Waals surface area contributed by atoms with Crippen molar-refractivity contribution in [3.63, 3.8) is 0 Å². The Labute approximate surface area is 133 Å². The molecule has 1 N–H and O–H groups in total. The summed E-state index contributed by atoms with van der Waals surface area (Å²) in [5.41, 5.74) is 0.389. The van der Waals surface area contributed by atoms with Gasteiger partial charge < -0.3 is 10.1 Å². The fraction of sp³-hybridized carbons (Fsp3) is 0.938. The van der Waals surface area contributed by atoms with Gasteiger partial charge in [0.05, 0.1) is 19.3 Å². The molecule has 3 atom stereocenters. The summed E-state index contributed by atoms with van der Waals surface area (Å²) in [5.74, 6) is 0. The Balaban J connectivity index is 1.38. The van der Waals surface area contributed by atoms with Crippen LogP contribution in [0.2, 0.25) is 0 Å². The molecule has 2 fully saturated rings. The van der Waals surface area contributed by atoms with Gasteiger partial charge in [-0.3, -0.25) is 9.89 Å². The van der Waals surface area contributed by atoms with E-state index in [1.807, 2.05) is 11.8 Å². The number of nitrogens with zero attached hydrogens (tertiary/aromatic N) is 2. The van der Waals surface area contributed by atoms with Gasteiger partial charge >= 0.3 is 0 Å². The van der Waals surface area contributed by atoms with Crippen molar-refractivity contribution in [1.82, 2.24) is 10.2 Å². The highest BCUT2D eigenvalue weighted by molar-refractivity contribution is 8.14. The predicted octanol–water partition coefficient (Wildman–Crippen LogP) is 2.35. The number of rotatable bonds is 3. The van der Waals surface area contributed by atoms with Crippen molar-refractivity contribution in [3.05, 3.63) is 0 Å². The zero-order valence-electron chi connectivity index (χ0n) is 13.6. The van der Waals surface area contributed by atoms with Crippen LogP contribution in [-0.2, 0) is 4.74 Å². The molecule has 0 spiro atoms. The van der Waals surface area contributed by atoms with Crippen LogP contribution in [-0.4, -0.2) is 60.2 Å². The average molecular weight is 311 g/mol. The Morgan fingerprint density at radius 3 is 3.10 bits per heavy atom. The van der Waals surface area contributed by atoms with Crippen LogP contribution in [0.15, 0.2) is 4.99 Å². The Morgan fingerprint density at radius 1 is 1.43 bits per heavy atom. The molecule has 3 unspecified atom stereocenters. The van der Waals surface area contributed by atoms with Crippen molar-refractivity contribution in [2.45, 2.75) is 57.4 Å². The molecule has 5 heteroatoms. The average Bonchev–Trinajstić information content (AvgIpc) is 3.02. The summed E-state index contributed by atoms with van der Waals surface area (Å²) in [7, 11) is 0. The maximum atomic E-state index is 5.99. The molecule has 0 amide bonds. The highest BCUT2D eigenvalue weighted by Gasteiger charge is 2.32. The summed E-state index contributed by atoms with van der Waals surface area (Å²) in [6, 6.07) is 0.690. The van der Waals surface area contributed by atoms with E-state index in [0.29, 0.717) is 22.8 Å². The largest absolute Gasteiger partial charge is 0.373 e. The number of aliphatic imine (C=N–C) groups is 1. The Hall–Kier alpha value is -0.260. The van der Waals surface area contributed by atoms with Gasteiger partial charge in [0.15, 0.2) is 5.17 Å². The van der Waals surface area contributed by atoms with Crippen LogP contribution in [0.25, 0.3) is 0 Å². The van der Waals surface area contributed by atoms with Crippen LogP contribution < -0.4 is 5.32 Å². The zero-order chi connectivity index (χ0) is 14.9. The fourth-order valence-electron chi connectivity index (χ4n) is 3.51. The number of hydrogen-bond donors (Lipinski definition) is 1. The lowest BCUT2D eigenvalue weighted by atomic mass is 9.90. The van der Waals surface area contributed by atoms with Gasteiger partial charge in [-0.25, -0.2) is 0 Å². The lowest BCUT2D eigenvalue weighted by Crippen LogP contribution is -2.49. The van der Waals surface area contributed by atoms with Crippen LogP contribution >= 0.6 is 11.8 Å². The summed E-state index contributed by atoms with van der Waals surface area (Å²) in [4.78, 5) is 7.25. The standard InChI is InChI=1S/C16H29N3OS/c1-16(2,3)7-14-9-18-15(21-14)17-8-13-10-19-6-4-5-12(19)11-20-13/h12-14H,4-11H2,1-3H3,(H,17,18). The second kappa shape index (κ2) is 6.47. The molecule has 21 heavy (non-hydrogen) atoms. The van der Waals surface area contributed by atoms with Gasteiger partial charge in [-0.1, -0.05) is 32.5 Å². The molecule has 3 aliphatic rings. The van der Waals surface area contributed by atoms with E-state index in [0.717, 1.165) is 31.4 Å². The van der Waals surface area contributed by atoms with Gasteiger partial charge in [-0.05, 0) is 31.2 Å². The number of amidine groups is 1. The molecule has 0 bridgehead atoms. The van der Waals surface area contributed by atoms with Gasteiger partial charge in [-0.15, -0.1) is 0 Å². The molecule has 2 saturated heterocycles. The van der Waals surface area contributed by atoms with E-state index in [1.165, 1.54) is 25.8 Å². The van der Waals surface area contributed by atoms with Crippen molar-refractivity contribution in [2.75, 3.05) is 32.8 Å². The molecule has 0 radical (unpaired) electrons. The topological polar surface area (TPSA) is 36.9 Å². The minimum atomic E-state index is 0.323. The minimum absolute atomic E-state index is 0.323. The molecule has 0 aliphatic carbocycles. The van der Waals surface area contributed by atoms with E-state index < -0.39 is 0 Å². The van der Waals surface area contributed by atoms with E-state index in [1.54, 1.807) is 0 Å². The van der Waals surface area contributed by atoms with Crippen molar-refractivity contribution in [1.29, 1.82) is 0 Å². The monoisotopic (exact) mass is 311 g/mol. The molecule has 120 valence electrons. The normalized spacial score (nSPS) is 33.9. The van der Waals surface area contributed by atoms with E-state index in [2.05, 4.69) is 36.0 Å². The van der Waals surface area contributed by atoms with Gasteiger partial charge in [0.25, 0.3) is 0 Å². The highest BCUT2D eigenvalue weighted by atomic mass is 32.2. The fourth-order valence-corrected chi connectivity index (χ4v) is 4.88. The zero-order valence-corrected chi connectivity index (χ0v) is 14.4. The van der Waals surface area contributed by atoms with Crippen molar-refractivity contribution in [3.8, 4) is 0 Å². The van der Waals surface area contributed by atoms with Crippen LogP contribution in [0.1, 0.15) is 40.0 Å². The minimum Gasteiger partial charge on any atom is -0.373 e. The first-order chi connectivity index (χ1) is 9.99. The third-order valence-corrected chi connectivity index (χ3v) is 5.65. The van der Waals surface area contributed by atoms with Crippen LogP contribution in [0.4, 0.5) is 0 Å². The molecule has 3 rings (SSSR count). The molecule has 0 aromatic rings. The molecule has 3 aliphatic heterocycles. The van der Waals surface area contributed by atoms with E-state index in [9.17, 15) is 0 Å². The summed E-state index contributed by atoms with van der Waals surface area (Å²) in [6.07, 6.45) is 4.20. The quantitative estimate of drug-likeness (QED) is 0.868. The molecule has 0 aromatic heterocycles. The highest BCUT2D eigenvalue weighted by Crippen LogP contribution is 2.31. The number of fused-ring (bicyclic) bond motifs is 1. The number of hydrogen-bond acceptors (Lipinski definition) is 5. The third kappa shape index (κ3) is 4.36. The predicted molar refractivity (Wildman–Crippen MR) is 90.1 cm³/mol. The molecular weight excluding hydrogens is 282 g/mol. The lowest BCUT2D eigenvalue weighted by Gasteiger charge is -2.35. The second-order valence-electron chi connectivity index (χ2n) is 7.78. The summed E-state index contributed by atoms with van der Waals surface area (Å²) >= 11 is 1.92. The molecule has 3 heterocycles. The third-order valence-electron chi connectivity index (χ3n) is 4.50. The van der Waals surface area contributed by atoms with Gasteiger partial charge in [0.1, 0.15) is 0 Å². The van der Waals surface area contributed by atoms with Gasteiger partial charge in [0.2, 0.25) is 0 Å². The summed E-state index contributed by atoms with van der Waals surface area (Å²) < 4.78 is 5.99. The molecule has 0 saturated carbocycles. The Kier molecular flexibility index (Phi) is 4.81. The summed E-state index contributed by atoms with van der Waals surface area (Å²) in [6.45, 7) is 12.0. The second-order valence-corrected chi connectivity index (χ2v) is 9.07. The molecule has 4 nitrogen and oxygen atoms in total. The maximum absolute atomic E-state index is 5.99. The van der Waals surface area contributed by atoms with Crippen molar-refractivity contribution in [2.24, 2.45) is 10.4 Å². The van der Waals surface area contributed by atoms with Crippen molar-refractivity contribution < 1.29 is 4.74 Å². The van der Waals surface area contributed by atoms with Crippen LogP contribution in [0.5, 0.6) is 0 Å². The van der Waals surface area contributed by atoms with Crippen LogP contribution in [0.3, 0.4) is 0 Å². The number of morpholine rings is 1. The molecule has 0 aromatic carbocycles. The number of ether oxygens (including phenoxy) is 1. The van der Waals surface area contributed by atoms with Crippen LogP contribution in [0, 0.1) is 5.41 Å². The number of thioether (sulfide) groups is 1. The first-order valence-electron chi connectivity index (χ1n) is 8.30. The van der Waals surface area contributed by atoms with Crippen molar-refractivity contribution >= 4 is 16.9 Å². The van der Waals surface area contributed by atoms with Gasteiger partial charge in [-0.2, -0.15) is 0 Å². The summed E-state index contributed by atoms with van der Waals surface area (Å²) in [5, 5.41) is 5.27. The SMILES string of the molecule is CC(C)(C)CC1CN=C(NCC2CN3CCCC3CO2)S1. The Bertz CT molecular complexity index is 393. The van der Waals surface area contributed by atoms with E-state index in [4.69, 9.17) is 4.74 Å².